The number of aromatic nitrogens is 1. The second-order valence-corrected chi connectivity index (χ2v) is 12.5. The number of hydrogen-bond donors (Lipinski definition) is 0. The fourth-order valence-electron chi connectivity index (χ4n) is 1.08. The molecule has 0 saturated carbocycles. The molecule has 0 aliphatic rings. The SMILES string of the molecule is C[Si](C)(C)CCS(=O)(=O)/N=C/c1cccnc1. The van der Waals surface area contributed by atoms with Crippen molar-refractivity contribution in [2.45, 2.75) is 25.7 Å². The Labute approximate surface area is 104 Å². The Kier molecular flexibility index (Phi) is 4.59. The van der Waals surface area contributed by atoms with E-state index in [4.69, 9.17) is 0 Å². The summed E-state index contributed by atoms with van der Waals surface area (Å²) in [7, 11) is -4.68. The lowest BCUT2D eigenvalue weighted by Gasteiger charge is -2.13. The fraction of sp³-hybridized carbons (Fsp3) is 0.455. The van der Waals surface area contributed by atoms with Crippen LogP contribution >= 0.6 is 0 Å². The van der Waals surface area contributed by atoms with Crippen LogP contribution in [-0.4, -0.2) is 33.4 Å². The maximum absolute atomic E-state index is 11.7. The monoisotopic (exact) mass is 270 g/mol. The van der Waals surface area contributed by atoms with E-state index in [0.29, 0.717) is 5.56 Å². The van der Waals surface area contributed by atoms with Crippen LogP contribution in [0.15, 0.2) is 28.9 Å². The molecule has 0 aliphatic carbocycles. The smallest absolute Gasteiger partial charge is 0.252 e. The summed E-state index contributed by atoms with van der Waals surface area (Å²) in [5.41, 5.74) is 0.698. The molecule has 0 spiro atoms. The molecule has 1 heterocycles. The molecule has 0 saturated heterocycles. The molecule has 4 nitrogen and oxygen atoms in total. The van der Waals surface area contributed by atoms with Crippen molar-refractivity contribution < 1.29 is 8.42 Å². The normalized spacial score (nSPS) is 13.1. The van der Waals surface area contributed by atoms with E-state index < -0.39 is 18.1 Å². The molecular formula is C11H18N2O2SSi. The molecule has 0 aromatic carbocycles. The standard InChI is InChI=1S/C11H18N2O2SSi/c1-17(2,3)8-7-16(14,15)13-10-11-5-4-6-12-9-11/h4-6,9-10H,7-8H2,1-3H3/b13-10+. The predicted molar refractivity (Wildman–Crippen MR) is 73.8 cm³/mol. The Bertz CT molecular complexity index is 478. The lowest BCUT2D eigenvalue weighted by Crippen LogP contribution is -2.23. The molecule has 94 valence electrons. The van der Waals surface area contributed by atoms with Gasteiger partial charge >= 0.3 is 0 Å². The van der Waals surface area contributed by atoms with Gasteiger partial charge in [-0.2, -0.15) is 4.40 Å². The van der Waals surface area contributed by atoms with Crippen molar-refractivity contribution in [2.24, 2.45) is 4.40 Å². The van der Waals surface area contributed by atoms with Gasteiger partial charge in [0.25, 0.3) is 10.0 Å². The second-order valence-electron chi connectivity index (χ2n) is 5.12. The van der Waals surface area contributed by atoms with Gasteiger partial charge in [0.1, 0.15) is 0 Å². The molecular weight excluding hydrogens is 252 g/mol. The average Bonchev–Trinajstić information content (AvgIpc) is 2.25. The van der Waals surface area contributed by atoms with Crippen LogP contribution in [0.2, 0.25) is 25.7 Å². The van der Waals surface area contributed by atoms with Crippen LogP contribution in [0.25, 0.3) is 0 Å². The molecule has 0 N–H and O–H groups in total. The van der Waals surface area contributed by atoms with E-state index in [2.05, 4.69) is 29.0 Å². The Morgan fingerprint density at radius 2 is 2.12 bits per heavy atom. The molecule has 0 radical (unpaired) electrons. The Hall–Kier alpha value is -1.01. The zero-order valence-corrected chi connectivity index (χ0v) is 12.2. The summed E-state index contributed by atoms with van der Waals surface area (Å²) in [6, 6.07) is 4.25. The lowest BCUT2D eigenvalue weighted by atomic mass is 10.3. The minimum atomic E-state index is -3.34. The van der Waals surface area contributed by atoms with Crippen molar-refractivity contribution in [3.05, 3.63) is 30.1 Å². The van der Waals surface area contributed by atoms with E-state index in [1.807, 2.05) is 0 Å². The molecule has 0 unspecified atom stereocenters. The molecule has 1 rings (SSSR count). The van der Waals surface area contributed by atoms with Crippen LogP contribution in [0.1, 0.15) is 5.56 Å². The van der Waals surface area contributed by atoms with Gasteiger partial charge in [-0.05, 0) is 12.1 Å². The number of sulfonamides is 1. The molecule has 17 heavy (non-hydrogen) atoms. The fourth-order valence-corrected chi connectivity index (χ4v) is 4.95. The van der Waals surface area contributed by atoms with Crippen molar-refractivity contribution in [1.29, 1.82) is 0 Å². The van der Waals surface area contributed by atoms with E-state index in [9.17, 15) is 8.42 Å². The highest BCUT2D eigenvalue weighted by molar-refractivity contribution is 7.90. The molecule has 0 aliphatic heterocycles. The van der Waals surface area contributed by atoms with Gasteiger partial charge in [-0.15, -0.1) is 0 Å². The topological polar surface area (TPSA) is 59.4 Å². The first kappa shape index (κ1) is 14.0. The van der Waals surface area contributed by atoms with E-state index in [1.54, 1.807) is 24.5 Å². The van der Waals surface area contributed by atoms with Crippen LogP contribution in [0, 0.1) is 0 Å². The van der Waals surface area contributed by atoms with Gasteiger partial charge in [-0.3, -0.25) is 4.98 Å². The Balaban J connectivity index is 2.65. The average molecular weight is 270 g/mol. The number of pyridine rings is 1. The Morgan fingerprint density at radius 1 is 1.41 bits per heavy atom. The Morgan fingerprint density at radius 3 is 2.65 bits per heavy atom. The van der Waals surface area contributed by atoms with Crippen LogP contribution in [0.3, 0.4) is 0 Å². The van der Waals surface area contributed by atoms with Crippen LogP contribution in [0.5, 0.6) is 0 Å². The van der Waals surface area contributed by atoms with Crippen molar-refractivity contribution in [2.75, 3.05) is 5.75 Å². The summed E-state index contributed by atoms with van der Waals surface area (Å²) in [6.07, 6.45) is 4.57. The maximum atomic E-state index is 11.7. The second kappa shape index (κ2) is 5.55. The third-order valence-electron chi connectivity index (χ3n) is 2.16. The van der Waals surface area contributed by atoms with E-state index in [0.717, 1.165) is 6.04 Å². The van der Waals surface area contributed by atoms with Gasteiger partial charge in [0.15, 0.2) is 0 Å². The minimum absolute atomic E-state index is 0.138. The highest BCUT2D eigenvalue weighted by atomic mass is 32.2. The summed E-state index contributed by atoms with van der Waals surface area (Å²) < 4.78 is 27.0. The van der Waals surface area contributed by atoms with Crippen LogP contribution in [-0.2, 0) is 10.0 Å². The molecule has 1 aromatic heterocycles. The molecule has 0 bridgehead atoms. The third kappa shape index (κ3) is 6.33. The summed E-state index contributed by atoms with van der Waals surface area (Å²) in [4.78, 5) is 3.89. The summed E-state index contributed by atoms with van der Waals surface area (Å²) in [5, 5.41) is 0. The molecule has 1 aromatic rings. The van der Waals surface area contributed by atoms with Crippen molar-refractivity contribution >= 4 is 24.3 Å². The molecule has 0 atom stereocenters. The summed E-state index contributed by atoms with van der Waals surface area (Å²) in [5.74, 6) is 0.138. The summed E-state index contributed by atoms with van der Waals surface area (Å²) >= 11 is 0. The largest absolute Gasteiger partial charge is 0.264 e. The van der Waals surface area contributed by atoms with E-state index in [1.165, 1.54) is 6.21 Å². The van der Waals surface area contributed by atoms with Crippen molar-refractivity contribution in [1.82, 2.24) is 4.98 Å². The maximum Gasteiger partial charge on any atom is 0.252 e. The zero-order chi connectivity index (χ0) is 12.9. The highest BCUT2D eigenvalue weighted by Gasteiger charge is 2.17. The number of hydrogen-bond acceptors (Lipinski definition) is 3. The van der Waals surface area contributed by atoms with Crippen LogP contribution < -0.4 is 0 Å². The highest BCUT2D eigenvalue weighted by Crippen LogP contribution is 2.10. The van der Waals surface area contributed by atoms with E-state index >= 15 is 0 Å². The quantitative estimate of drug-likeness (QED) is 0.608. The van der Waals surface area contributed by atoms with Crippen molar-refractivity contribution in [3.63, 3.8) is 0 Å². The summed E-state index contributed by atoms with van der Waals surface area (Å²) in [6.45, 7) is 6.44. The van der Waals surface area contributed by atoms with Crippen molar-refractivity contribution in [3.8, 4) is 0 Å². The van der Waals surface area contributed by atoms with Crippen LogP contribution in [0.4, 0.5) is 0 Å². The van der Waals surface area contributed by atoms with Gasteiger partial charge in [-0.1, -0.05) is 25.7 Å². The van der Waals surface area contributed by atoms with Gasteiger partial charge in [0.05, 0.1) is 5.75 Å². The minimum Gasteiger partial charge on any atom is -0.264 e. The predicted octanol–water partition coefficient (Wildman–Crippen LogP) is 2.17. The molecule has 6 heteroatoms. The number of rotatable bonds is 5. The third-order valence-corrected chi connectivity index (χ3v) is 5.42. The molecule has 0 amide bonds. The first-order valence-electron chi connectivity index (χ1n) is 5.47. The van der Waals surface area contributed by atoms with Gasteiger partial charge in [0, 0.05) is 32.2 Å². The first-order chi connectivity index (χ1) is 7.79. The number of nitrogens with zero attached hydrogens (tertiary/aromatic N) is 2. The zero-order valence-electron chi connectivity index (χ0n) is 10.4. The lowest BCUT2D eigenvalue weighted by molar-refractivity contribution is 0.599. The van der Waals surface area contributed by atoms with Gasteiger partial charge in [0.2, 0.25) is 0 Å². The van der Waals surface area contributed by atoms with Gasteiger partial charge < -0.3 is 0 Å². The molecule has 0 fully saturated rings. The van der Waals surface area contributed by atoms with E-state index in [-0.39, 0.29) is 5.75 Å². The first-order valence-corrected chi connectivity index (χ1v) is 10.8. The van der Waals surface area contributed by atoms with Gasteiger partial charge in [-0.25, -0.2) is 8.42 Å².